The molecule has 0 aliphatic carbocycles. The van der Waals surface area contributed by atoms with Crippen molar-refractivity contribution in [2.24, 2.45) is 0 Å². The number of carbonyl (C=O) groups excluding carboxylic acids is 1. The molecule has 0 bridgehead atoms. The van der Waals surface area contributed by atoms with E-state index in [4.69, 9.17) is 9.47 Å². The summed E-state index contributed by atoms with van der Waals surface area (Å²) in [5, 5.41) is 9.27. The third-order valence-electron chi connectivity index (χ3n) is 2.35. The fourth-order valence-corrected chi connectivity index (χ4v) is 1.22. The van der Waals surface area contributed by atoms with E-state index < -0.39 is 6.29 Å². The summed E-state index contributed by atoms with van der Waals surface area (Å²) in [5.41, 5.74) is -0.173. The van der Waals surface area contributed by atoms with E-state index in [-0.39, 0.29) is 23.7 Å². The third kappa shape index (κ3) is 3.78. The number of aromatic amines is 1. The molecule has 0 fully saturated rings. The van der Waals surface area contributed by atoms with Gasteiger partial charge in [0.25, 0.3) is 5.91 Å². The summed E-state index contributed by atoms with van der Waals surface area (Å²) >= 11 is 0. The fourth-order valence-electron chi connectivity index (χ4n) is 1.22. The lowest BCUT2D eigenvalue weighted by Gasteiger charge is -2.13. The number of carbonyl (C=O) groups is 1. The minimum atomic E-state index is -0.477. The summed E-state index contributed by atoms with van der Waals surface area (Å²) in [6, 6.07) is 0. The van der Waals surface area contributed by atoms with E-state index in [9.17, 15) is 4.79 Å². The largest absolute Gasteiger partial charge is 0.354 e. The van der Waals surface area contributed by atoms with Crippen molar-refractivity contribution in [3.8, 4) is 0 Å². The molecule has 0 aromatic carbocycles. The third-order valence-corrected chi connectivity index (χ3v) is 2.35. The molecule has 0 unspecified atom stereocenters. The zero-order chi connectivity index (χ0) is 13.8. The van der Waals surface area contributed by atoms with Gasteiger partial charge in [-0.3, -0.25) is 9.89 Å². The Morgan fingerprint density at radius 1 is 1.39 bits per heavy atom. The molecular weight excluding hydrogens is 236 g/mol. The van der Waals surface area contributed by atoms with Gasteiger partial charge in [0.1, 0.15) is 5.82 Å². The van der Waals surface area contributed by atoms with Crippen molar-refractivity contribution in [2.75, 3.05) is 20.8 Å². The molecular formula is C11H20N4O3. The zero-order valence-corrected chi connectivity index (χ0v) is 11.4. The second-order valence-corrected chi connectivity index (χ2v) is 4.87. The van der Waals surface area contributed by atoms with Gasteiger partial charge in [0, 0.05) is 19.6 Å². The quantitative estimate of drug-likeness (QED) is 0.747. The molecule has 1 rings (SSSR count). The lowest BCUT2D eigenvalue weighted by atomic mass is 9.96. The van der Waals surface area contributed by atoms with Gasteiger partial charge in [-0.05, 0) is 0 Å². The van der Waals surface area contributed by atoms with Crippen molar-refractivity contribution in [2.45, 2.75) is 32.5 Å². The van der Waals surface area contributed by atoms with Crippen LogP contribution in [0.1, 0.15) is 37.2 Å². The number of hydrogen-bond donors (Lipinski definition) is 2. The average molecular weight is 256 g/mol. The smallest absolute Gasteiger partial charge is 0.291 e. The van der Waals surface area contributed by atoms with E-state index in [1.54, 1.807) is 0 Å². The monoisotopic (exact) mass is 256 g/mol. The van der Waals surface area contributed by atoms with Gasteiger partial charge in [-0.15, -0.1) is 5.10 Å². The van der Waals surface area contributed by atoms with Crippen LogP contribution in [0.2, 0.25) is 0 Å². The number of methoxy groups -OCH3 is 2. The first kappa shape index (κ1) is 14.6. The van der Waals surface area contributed by atoms with Crippen LogP contribution in [0.4, 0.5) is 0 Å². The van der Waals surface area contributed by atoms with Crippen LogP contribution in [0.15, 0.2) is 0 Å². The summed E-state index contributed by atoms with van der Waals surface area (Å²) in [4.78, 5) is 15.9. The summed E-state index contributed by atoms with van der Waals surface area (Å²) < 4.78 is 9.92. The second kappa shape index (κ2) is 5.92. The Labute approximate surface area is 106 Å². The van der Waals surface area contributed by atoms with Gasteiger partial charge in [-0.2, -0.15) is 0 Å². The Balaban J connectivity index is 2.60. The molecule has 1 amide bonds. The Hall–Kier alpha value is -1.47. The second-order valence-electron chi connectivity index (χ2n) is 4.87. The highest BCUT2D eigenvalue weighted by Gasteiger charge is 2.21. The van der Waals surface area contributed by atoms with Gasteiger partial charge in [0.2, 0.25) is 5.82 Å². The van der Waals surface area contributed by atoms with Crippen LogP contribution in [0.25, 0.3) is 0 Å². The fraction of sp³-hybridized carbons (Fsp3) is 0.727. The first-order chi connectivity index (χ1) is 8.38. The number of aromatic nitrogens is 3. The van der Waals surface area contributed by atoms with Gasteiger partial charge < -0.3 is 14.8 Å². The number of rotatable bonds is 5. The molecule has 0 spiro atoms. The molecule has 2 N–H and O–H groups in total. The molecule has 1 heterocycles. The number of nitrogens with one attached hydrogen (secondary N) is 2. The number of hydrogen-bond acceptors (Lipinski definition) is 5. The highest BCUT2D eigenvalue weighted by Crippen LogP contribution is 2.17. The van der Waals surface area contributed by atoms with E-state index in [0.717, 1.165) is 0 Å². The first-order valence-corrected chi connectivity index (χ1v) is 5.65. The van der Waals surface area contributed by atoms with Crippen molar-refractivity contribution < 1.29 is 14.3 Å². The highest BCUT2D eigenvalue weighted by molar-refractivity contribution is 5.90. The van der Waals surface area contributed by atoms with Crippen molar-refractivity contribution >= 4 is 5.91 Å². The van der Waals surface area contributed by atoms with Crippen molar-refractivity contribution in [1.29, 1.82) is 0 Å². The van der Waals surface area contributed by atoms with Crippen LogP contribution in [0.5, 0.6) is 0 Å². The molecule has 0 radical (unpaired) electrons. The molecule has 1 aromatic heterocycles. The summed E-state index contributed by atoms with van der Waals surface area (Å²) in [5.74, 6) is 0.425. The lowest BCUT2D eigenvalue weighted by molar-refractivity contribution is -0.0974. The van der Waals surface area contributed by atoms with Crippen LogP contribution in [-0.2, 0) is 14.9 Å². The normalized spacial score (nSPS) is 11.9. The summed E-state index contributed by atoms with van der Waals surface area (Å²) in [6.07, 6.45) is -0.477. The SMILES string of the molecule is COC(CNC(=O)c1n[nH]c(C(C)(C)C)n1)OC. The van der Waals surface area contributed by atoms with E-state index in [2.05, 4.69) is 20.5 Å². The van der Waals surface area contributed by atoms with Crippen molar-refractivity contribution in [3.05, 3.63) is 11.6 Å². The lowest BCUT2D eigenvalue weighted by Crippen LogP contribution is -2.34. The van der Waals surface area contributed by atoms with Gasteiger partial charge in [0.15, 0.2) is 6.29 Å². The predicted molar refractivity (Wildman–Crippen MR) is 65.2 cm³/mol. The maximum absolute atomic E-state index is 11.8. The molecule has 7 heteroatoms. The number of H-pyrrole nitrogens is 1. The standard InChI is InChI=1S/C11H20N4O3/c1-11(2,3)10-13-8(14-15-10)9(16)12-6-7(17-4)18-5/h7H,6H2,1-5H3,(H,12,16)(H,13,14,15). The molecule has 0 saturated carbocycles. The Morgan fingerprint density at radius 3 is 2.44 bits per heavy atom. The van der Waals surface area contributed by atoms with E-state index >= 15 is 0 Å². The minimum Gasteiger partial charge on any atom is -0.354 e. The minimum absolute atomic E-state index is 0.117. The number of nitrogens with zero attached hydrogens (tertiary/aromatic N) is 2. The average Bonchev–Trinajstić information content (AvgIpc) is 2.79. The molecule has 102 valence electrons. The Morgan fingerprint density at radius 2 is 2.00 bits per heavy atom. The van der Waals surface area contributed by atoms with E-state index in [0.29, 0.717) is 5.82 Å². The van der Waals surface area contributed by atoms with Crippen molar-refractivity contribution in [3.63, 3.8) is 0 Å². The number of amides is 1. The van der Waals surface area contributed by atoms with Crippen LogP contribution < -0.4 is 5.32 Å². The maximum Gasteiger partial charge on any atom is 0.291 e. The zero-order valence-electron chi connectivity index (χ0n) is 11.4. The predicted octanol–water partition coefficient (Wildman–Crippen LogP) is 0.451. The molecule has 0 atom stereocenters. The summed E-state index contributed by atoms with van der Waals surface area (Å²) in [6.45, 7) is 6.20. The molecule has 18 heavy (non-hydrogen) atoms. The Bertz CT molecular complexity index is 393. The van der Waals surface area contributed by atoms with Crippen LogP contribution in [-0.4, -0.2) is 48.1 Å². The van der Waals surface area contributed by atoms with Crippen molar-refractivity contribution in [1.82, 2.24) is 20.5 Å². The number of ether oxygens (including phenoxy) is 2. The molecule has 0 saturated heterocycles. The van der Waals surface area contributed by atoms with Gasteiger partial charge in [-0.25, -0.2) is 4.98 Å². The van der Waals surface area contributed by atoms with Crippen LogP contribution >= 0.6 is 0 Å². The molecule has 1 aromatic rings. The highest BCUT2D eigenvalue weighted by atomic mass is 16.7. The Kier molecular flexibility index (Phi) is 4.80. The molecule has 0 aliphatic rings. The first-order valence-electron chi connectivity index (χ1n) is 5.65. The van der Waals surface area contributed by atoms with Gasteiger partial charge in [0.05, 0.1) is 6.54 Å². The van der Waals surface area contributed by atoms with Crippen LogP contribution in [0, 0.1) is 0 Å². The van der Waals surface area contributed by atoms with E-state index in [1.807, 2.05) is 20.8 Å². The molecule has 0 aliphatic heterocycles. The molecule has 7 nitrogen and oxygen atoms in total. The van der Waals surface area contributed by atoms with Gasteiger partial charge in [-0.1, -0.05) is 20.8 Å². The van der Waals surface area contributed by atoms with E-state index in [1.165, 1.54) is 14.2 Å². The van der Waals surface area contributed by atoms with Gasteiger partial charge >= 0.3 is 0 Å². The topological polar surface area (TPSA) is 89.1 Å². The maximum atomic E-state index is 11.8. The summed E-state index contributed by atoms with van der Waals surface area (Å²) in [7, 11) is 3.01. The van der Waals surface area contributed by atoms with Crippen LogP contribution in [0.3, 0.4) is 0 Å².